The minimum Gasteiger partial charge on any atom is -0.476 e. The lowest BCUT2D eigenvalue weighted by Gasteiger charge is -2.01. The second kappa shape index (κ2) is 3.64. The summed E-state index contributed by atoms with van der Waals surface area (Å²) in [6, 6.07) is 4.67. The van der Waals surface area contributed by atoms with Crippen LogP contribution in [0.3, 0.4) is 0 Å². The Labute approximate surface area is 94.5 Å². The van der Waals surface area contributed by atoms with Crippen LogP contribution in [-0.2, 0) is 0 Å². The number of hydrogen-bond donors (Lipinski definition) is 1. The van der Waals surface area contributed by atoms with Crippen molar-refractivity contribution in [3.63, 3.8) is 0 Å². The summed E-state index contributed by atoms with van der Waals surface area (Å²) in [5, 5.41) is 9.67. The van der Waals surface area contributed by atoms with E-state index in [1.54, 1.807) is 12.1 Å². The summed E-state index contributed by atoms with van der Waals surface area (Å²) in [6.45, 7) is 0. The molecule has 0 unspecified atom stereocenters. The first-order chi connectivity index (χ1) is 7.08. The van der Waals surface area contributed by atoms with Crippen molar-refractivity contribution in [3.05, 3.63) is 34.2 Å². The number of hydrogen-bond acceptors (Lipinski definition) is 3. The average molecular weight is 243 g/mol. The van der Waals surface area contributed by atoms with E-state index < -0.39 is 5.97 Å². The van der Waals surface area contributed by atoms with Crippen LogP contribution in [0.4, 0.5) is 0 Å². The molecule has 0 aliphatic heterocycles. The van der Waals surface area contributed by atoms with Crippen LogP contribution >= 0.6 is 23.2 Å². The minimum atomic E-state index is -1.15. The second-order valence-electron chi connectivity index (χ2n) is 2.81. The number of carboxylic acid groups (broad SMARTS) is 1. The molecule has 0 saturated carbocycles. The van der Waals surface area contributed by atoms with Crippen molar-refractivity contribution in [2.24, 2.45) is 0 Å². The number of aromatic nitrogens is 2. The summed E-state index contributed by atoms with van der Waals surface area (Å²) in [5.74, 6) is -1.15. The maximum absolute atomic E-state index is 10.9. The lowest BCUT2D eigenvalue weighted by atomic mass is 10.2. The number of fused-ring (bicyclic) bond motifs is 1. The molecule has 0 spiro atoms. The van der Waals surface area contributed by atoms with Crippen molar-refractivity contribution in [2.75, 3.05) is 0 Å². The highest BCUT2D eigenvalue weighted by Gasteiger charge is 2.12. The predicted molar refractivity (Wildman–Crippen MR) is 56.5 cm³/mol. The number of carboxylic acids is 1. The van der Waals surface area contributed by atoms with Crippen molar-refractivity contribution in [2.45, 2.75) is 0 Å². The lowest BCUT2D eigenvalue weighted by Crippen LogP contribution is -2.03. The number of halogens is 2. The molecule has 1 heterocycles. The van der Waals surface area contributed by atoms with Gasteiger partial charge in [-0.05, 0) is 29.8 Å². The molecular formula is C9H4Cl2N2O2. The molecular weight excluding hydrogens is 239 g/mol. The van der Waals surface area contributed by atoms with Crippen LogP contribution in [0.25, 0.3) is 10.9 Å². The first-order valence-electron chi connectivity index (χ1n) is 3.94. The summed E-state index contributed by atoms with van der Waals surface area (Å²) in [6.07, 6.45) is 0. The zero-order valence-electron chi connectivity index (χ0n) is 7.24. The van der Waals surface area contributed by atoms with Crippen LogP contribution in [0, 0.1) is 0 Å². The van der Waals surface area contributed by atoms with Gasteiger partial charge < -0.3 is 5.11 Å². The topological polar surface area (TPSA) is 63.1 Å². The molecule has 2 rings (SSSR count). The Morgan fingerprint density at radius 2 is 2.00 bits per heavy atom. The van der Waals surface area contributed by atoms with E-state index in [1.165, 1.54) is 6.07 Å². The molecule has 0 fully saturated rings. The summed E-state index contributed by atoms with van der Waals surface area (Å²) in [4.78, 5) is 18.4. The smallest absolute Gasteiger partial charge is 0.355 e. The molecule has 0 bridgehead atoms. The molecule has 6 heteroatoms. The molecule has 4 nitrogen and oxygen atoms in total. The van der Waals surface area contributed by atoms with Gasteiger partial charge in [0.25, 0.3) is 0 Å². The standard InChI is InChI=1S/C9H4Cl2N2O2/c10-4-1-2-5-6(3-4)12-9(11)13-7(5)8(14)15/h1-3H,(H,14,15). The molecule has 1 aromatic heterocycles. The molecule has 0 atom stereocenters. The van der Waals surface area contributed by atoms with Gasteiger partial charge in [0, 0.05) is 10.4 Å². The van der Waals surface area contributed by atoms with Gasteiger partial charge in [0.2, 0.25) is 5.28 Å². The third-order valence-electron chi connectivity index (χ3n) is 1.83. The average Bonchev–Trinajstić information content (AvgIpc) is 2.15. The highest BCUT2D eigenvalue weighted by Crippen LogP contribution is 2.21. The minimum absolute atomic E-state index is 0.109. The van der Waals surface area contributed by atoms with Gasteiger partial charge in [-0.25, -0.2) is 14.8 Å². The SMILES string of the molecule is O=C(O)c1nc(Cl)nc2cc(Cl)ccc12. The van der Waals surface area contributed by atoms with Crippen LogP contribution < -0.4 is 0 Å². The Kier molecular flexibility index (Phi) is 2.46. The van der Waals surface area contributed by atoms with Crippen LogP contribution in [0.15, 0.2) is 18.2 Å². The molecule has 0 radical (unpaired) electrons. The van der Waals surface area contributed by atoms with E-state index in [1.807, 2.05) is 0 Å². The highest BCUT2D eigenvalue weighted by molar-refractivity contribution is 6.31. The first kappa shape index (κ1) is 10.1. The summed E-state index contributed by atoms with van der Waals surface area (Å²) in [5.41, 5.74) is 0.293. The van der Waals surface area contributed by atoms with Crippen LogP contribution in [-0.4, -0.2) is 21.0 Å². The Morgan fingerprint density at radius 1 is 1.27 bits per heavy atom. The lowest BCUT2D eigenvalue weighted by molar-refractivity contribution is 0.0692. The van der Waals surface area contributed by atoms with Crippen molar-refractivity contribution < 1.29 is 9.90 Å². The highest BCUT2D eigenvalue weighted by atomic mass is 35.5. The van der Waals surface area contributed by atoms with Crippen LogP contribution in [0.1, 0.15) is 10.5 Å². The van der Waals surface area contributed by atoms with Crippen LogP contribution in [0.2, 0.25) is 10.3 Å². The maximum Gasteiger partial charge on any atom is 0.355 e. The van der Waals surface area contributed by atoms with Gasteiger partial charge in [0.1, 0.15) is 0 Å². The fraction of sp³-hybridized carbons (Fsp3) is 0. The molecule has 15 heavy (non-hydrogen) atoms. The Hall–Kier alpha value is -1.39. The number of aromatic carboxylic acids is 1. The Morgan fingerprint density at radius 3 is 2.67 bits per heavy atom. The number of carbonyl (C=O) groups is 1. The molecule has 0 saturated heterocycles. The van der Waals surface area contributed by atoms with Crippen molar-refractivity contribution in [1.82, 2.24) is 9.97 Å². The molecule has 0 aliphatic rings. The normalized spacial score (nSPS) is 10.5. The van der Waals surface area contributed by atoms with E-state index in [-0.39, 0.29) is 11.0 Å². The molecule has 0 aliphatic carbocycles. The number of benzene rings is 1. The maximum atomic E-state index is 10.9. The summed E-state index contributed by atoms with van der Waals surface area (Å²) >= 11 is 11.3. The van der Waals surface area contributed by atoms with E-state index in [9.17, 15) is 4.79 Å². The van der Waals surface area contributed by atoms with Crippen LogP contribution in [0.5, 0.6) is 0 Å². The van der Waals surface area contributed by atoms with Gasteiger partial charge in [0.05, 0.1) is 5.52 Å². The second-order valence-corrected chi connectivity index (χ2v) is 3.58. The van der Waals surface area contributed by atoms with E-state index in [0.29, 0.717) is 15.9 Å². The third kappa shape index (κ3) is 1.86. The van der Waals surface area contributed by atoms with Crippen molar-refractivity contribution in [1.29, 1.82) is 0 Å². The summed E-state index contributed by atoms with van der Waals surface area (Å²) in [7, 11) is 0. The van der Waals surface area contributed by atoms with Gasteiger partial charge in [-0.15, -0.1) is 0 Å². The fourth-order valence-corrected chi connectivity index (χ4v) is 1.58. The van der Waals surface area contributed by atoms with E-state index in [0.717, 1.165) is 0 Å². The fourth-order valence-electron chi connectivity index (χ4n) is 1.24. The van der Waals surface area contributed by atoms with E-state index in [4.69, 9.17) is 28.3 Å². The molecule has 76 valence electrons. The van der Waals surface area contributed by atoms with Crippen molar-refractivity contribution >= 4 is 40.1 Å². The molecule has 0 amide bonds. The number of rotatable bonds is 1. The monoisotopic (exact) mass is 242 g/mol. The largest absolute Gasteiger partial charge is 0.476 e. The zero-order valence-corrected chi connectivity index (χ0v) is 8.75. The zero-order chi connectivity index (χ0) is 11.0. The van der Waals surface area contributed by atoms with Gasteiger partial charge in [-0.1, -0.05) is 11.6 Å². The number of nitrogens with zero attached hydrogens (tertiary/aromatic N) is 2. The Balaban J connectivity index is 2.86. The molecule has 1 N–H and O–H groups in total. The summed E-state index contributed by atoms with van der Waals surface area (Å²) < 4.78 is 0. The van der Waals surface area contributed by atoms with E-state index in [2.05, 4.69) is 9.97 Å². The predicted octanol–water partition coefficient (Wildman–Crippen LogP) is 2.63. The van der Waals surface area contributed by atoms with E-state index >= 15 is 0 Å². The van der Waals surface area contributed by atoms with Gasteiger partial charge in [0.15, 0.2) is 5.69 Å². The molecule has 1 aromatic carbocycles. The quantitative estimate of drug-likeness (QED) is 0.782. The van der Waals surface area contributed by atoms with Gasteiger partial charge >= 0.3 is 5.97 Å². The van der Waals surface area contributed by atoms with Gasteiger partial charge in [-0.3, -0.25) is 0 Å². The molecule has 2 aromatic rings. The Bertz CT molecular complexity index is 552. The third-order valence-corrected chi connectivity index (χ3v) is 2.24. The first-order valence-corrected chi connectivity index (χ1v) is 4.69. The van der Waals surface area contributed by atoms with Crippen molar-refractivity contribution in [3.8, 4) is 0 Å². The van der Waals surface area contributed by atoms with Gasteiger partial charge in [-0.2, -0.15) is 0 Å².